The molecule has 1 aliphatic carbocycles. The fourth-order valence-corrected chi connectivity index (χ4v) is 2.44. The molecule has 0 atom stereocenters. The second-order valence-electron chi connectivity index (χ2n) is 4.17. The summed E-state index contributed by atoms with van der Waals surface area (Å²) in [7, 11) is 1.68. The number of hydrogen-bond donors (Lipinski definition) is 0. The number of methoxy groups -OCH3 is 1. The van der Waals surface area contributed by atoms with Gasteiger partial charge in [-0.1, -0.05) is 22.4 Å². The molecule has 0 aromatic heterocycles. The summed E-state index contributed by atoms with van der Waals surface area (Å²) >= 11 is 3.43. The Morgan fingerprint density at radius 1 is 1.12 bits per heavy atom. The molecule has 1 aromatic carbocycles. The SMILES string of the molecule is COc1cc(Br)ccc1OC1CCCCC1. The molecule has 0 saturated heterocycles. The van der Waals surface area contributed by atoms with Crippen LogP contribution in [0.2, 0.25) is 0 Å². The highest BCUT2D eigenvalue weighted by atomic mass is 79.9. The summed E-state index contributed by atoms with van der Waals surface area (Å²) in [6.07, 6.45) is 6.60. The van der Waals surface area contributed by atoms with E-state index in [2.05, 4.69) is 15.9 Å². The van der Waals surface area contributed by atoms with Crippen LogP contribution in [0.4, 0.5) is 0 Å². The van der Waals surface area contributed by atoms with Crippen LogP contribution in [0.5, 0.6) is 11.5 Å². The summed E-state index contributed by atoms with van der Waals surface area (Å²) < 4.78 is 12.3. The van der Waals surface area contributed by atoms with Gasteiger partial charge in [0.2, 0.25) is 0 Å². The molecule has 1 aromatic rings. The zero-order valence-corrected chi connectivity index (χ0v) is 11.1. The van der Waals surface area contributed by atoms with Gasteiger partial charge in [-0.25, -0.2) is 0 Å². The topological polar surface area (TPSA) is 18.5 Å². The number of benzene rings is 1. The summed E-state index contributed by atoms with van der Waals surface area (Å²) in [5.74, 6) is 1.66. The number of ether oxygens (including phenoxy) is 2. The minimum atomic E-state index is 0.365. The van der Waals surface area contributed by atoms with Crippen LogP contribution in [0.25, 0.3) is 0 Å². The van der Waals surface area contributed by atoms with Crippen molar-refractivity contribution in [2.24, 2.45) is 0 Å². The first-order valence-electron chi connectivity index (χ1n) is 5.80. The van der Waals surface area contributed by atoms with Crippen LogP contribution in [0.1, 0.15) is 32.1 Å². The monoisotopic (exact) mass is 284 g/mol. The molecule has 0 N–H and O–H groups in total. The Kier molecular flexibility index (Phi) is 4.10. The molecule has 0 unspecified atom stereocenters. The fourth-order valence-electron chi connectivity index (χ4n) is 2.10. The van der Waals surface area contributed by atoms with E-state index in [0.29, 0.717) is 6.10 Å². The van der Waals surface area contributed by atoms with E-state index < -0.39 is 0 Å². The molecular weight excluding hydrogens is 268 g/mol. The maximum absolute atomic E-state index is 5.99. The van der Waals surface area contributed by atoms with Crippen molar-refractivity contribution >= 4 is 15.9 Å². The van der Waals surface area contributed by atoms with Crippen LogP contribution < -0.4 is 9.47 Å². The predicted molar refractivity (Wildman–Crippen MR) is 68.2 cm³/mol. The van der Waals surface area contributed by atoms with E-state index in [4.69, 9.17) is 9.47 Å². The normalized spacial score (nSPS) is 17.1. The number of halogens is 1. The van der Waals surface area contributed by atoms with Gasteiger partial charge in [-0.05, 0) is 43.9 Å². The number of hydrogen-bond acceptors (Lipinski definition) is 2. The van der Waals surface area contributed by atoms with Gasteiger partial charge in [0.05, 0.1) is 13.2 Å². The van der Waals surface area contributed by atoms with Crippen molar-refractivity contribution in [2.75, 3.05) is 7.11 Å². The molecule has 2 nitrogen and oxygen atoms in total. The highest BCUT2D eigenvalue weighted by Crippen LogP contribution is 2.33. The molecule has 0 radical (unpaired) electrons. The van der Waals surface area contributed by atoms with E-state index in [1.807, 2.05) is 18.2 Å². The van der Waals surface area contributed by atoms with Crippen molar-refractivity contribution in [3.8, 4) is 11.5 Å². The van der Waals surface area contributed by atoms with Crippen LogP contribution in [0, 0.1) is 0 Å². The summed E-state index contributed by atoms with van der Waals surface area (Å²) in [6, 6.07) is 5.90. The average molecular weight is 285 g/mol. The van der Waals surface area contributed by atoms with Crippen LogP contribution in [-0.4, -0.2) is 13.2 Å². The molecule has 1 aliphatic rings. The predicted octanol–water partition coefficient (Wildman–Crippen LogP) is 4.17. The minimum absolute atomic E-state index is 0.365. The Labute approximate surface area is 105 Å². The Morgan fingerprint density at radius 2 is 1.88 bits per heavy atom. The zero-order chi connectivity index (χ0) is 11.4. The van der Waals surface area contributed by atoms with E-state index in [-0.39, 0.29) is 0 Å². The molecular formula is C13H17BrO2. The third-order valence-corrected chi connectivity index (χ3v) is 3.46. The van der Waals surface area contributed by atoms with Gasteiger partial charge in [-0.2, -0.15) is 0 Å². The second kappa shape index (κ2) is 5.58. The maximum Gasteiger partial charge on any atom is 0.161 e. The zero-order valence-electron chi connectivity index (χ0n) is 9.54. The molecule has 0 spiro atoms. The van der Waals surface area contributed by atoms with E-state index in [1.54, 1.807) is 7.11 Å². The molecule has 0 bridgehead atoms. The molecule has 16 heavy (non-hydrogen) atoms. The first-order chi connectivity index (χ1) is 7.79. The van der Waals surface area contributed by atoms with Gasteiger partial charge < -0.3 is 9.47 Å². The molecule has 0 heterocycles. The van der Waals surface area contributed by atoms with Gasteiger partial charge >= 0.3 is 0 Å². The largest absolute Gasteiger partial charge is 0.493 e. The molecule has 2 rings (SSSR count). The van der Waals surface area contributed by atoms with Gasteiger partial charge in [0.1, 0.15) is 0 Å². The van der Waals surface area contributed by atoms with Crippen molar-refractivity contribution in [3.63, 3.8) is 0 Å². The lowest BCUT2D eigenvalue weighted by atomic mass is 9.98. The lowest BCUT2D eigenvalue weighted by Gasteiger charge is -2.23. The Morgan fingerprint density at radius 3 is 2.56 bits per heavy atom. The third-order valence-electron chi connectivity index (χ3n) is 2.97. The minimum Gasteiger partial charge on any atom is -0.493 e. The van der Waals surface area contributed by atoms with E-state index >= 15 is 0 Å². The average Bonchev–Trinajstić information content (AvgIpc) is 2.33. The molecule has 88 valence electrons. The van der Waals surface area contributed by atoms with Crippen molar-refractivity contribution in [1.29, 1.82) is 0 Å². The molecule has 1 fully saturated rings. The van der Waals surface area contributed by atoms with Crippen molar-refractivity contribution in [2.45, 2.75) is 38.2 Å². The Balaban J connectivity index is 2.07. The van der Waals surface area contributed by atoms with Crippen molar-refractivity contribution in [3.05, 3.63) is 22.7 Å². The van der Waals surface area contributed by atoms with Crippen LogP contribution >= 0.6 is 15.9 Å². The lowest BCUT2D eigenvalue weighted by Crippen LogP contribution is -2.19. The maximum atomic E-state index is 5.99. The molecule has 0 amide bonds. The summed E-state index contributed by atoms with van der Waals surface area (Å²) in [5, 5.41) is 0. The quantitative estimate of drug-likeness (QED) is 0.829. The first kappa shape index (κ1) is 11.8. The van der Waals surface area contributed by atoms with Crippen molar-refractivity contribution in [1.82, 2.24) is 0 Å². The fraction of sp³-hybridized carbons (Fsp3) is 0.538. The van der Waals surface area contributed by atoms with Crippen LogP contribution in [0.15, 0.2) is 22.7 Å². The summed E-state index contributed by atoms with van der Waals surface area (Å²) in [6.45, 7) is 0. The third kappa shape index (κ3) is 2.91. The van der Waals surface area contributed by atoms with Crippen LogP contribution in [0.3, 0.4) is 0 Å². The second-order valence-corrected chi connectivity index (χ2v) is 5.09. The van der Waals surface area contributed by atoms with Crippen LogP contribution in [-0.2, 0) is 0 Å². The smallest absolute Gasteiger partial charge is 0.161 e. The Hall–Kier alpha value is -0.700. The van der Waals surface area contributed by atoms with E-state index in [0.717, 1.165) is 16.0 Å². The lowest BCUT2D eigenvalue weighted by molar-refractivity contribution is 0.149. The van der Waals surface area contributed by atoms with Gasteiger partial charge in [0.15, 0.2) is 11.5 Å². The molecule has 0 aliphatic heterocycles. The Bertz CT molecular complexity index is 346. The van der Waals surface area contributed by atoms with Gasteiger partial charge in [-0.3, -0.25) is 0 Å². The first-order valence-corrected chi connectivity index (χ1v) is 6.59. The highest BCUT2D eigenvalue weighted by Gasteiger charge is 2.16. The van der Waals surface area contributed by atoms with Gasteiger partial charge in [0, 0.05) is 4.47 Å². The van der Waals surface area contributed by atoms with Crippen molar-refractivity contribution < 1.29 is 9.47 Å². The van der Waals surface area contributed by atoms with E-state index in [1.165, 1.54) is 32.1 Å². The van der Waals surface area contributed by atoms with E-state index in [9.17, 15) is 0 Å². The standard InChI is InChI=1S/C13H17BrO2/c1-15-13-9-10(14)7-8-12(13)16-11-5-3-2-4-6-11/h7-9,11H,2-6H2,1H3. The highest BCUT2D eigenvalue weighted by molar-refractivity contribution is 9.10. The summed E-state index contributed by atoms with van der Waals surface area (Å²) in [5.41, 5.74) is 0. The number of rotatable bonds is 3. The van der Waals surface area contributed by atoms with Gasteiger partial charge in [-0.15, -0.1) is 0 Å². The molecule has 1 saturated carbocycles. The molecule has 3 heteroatoms. The summed E-state index contributed by atoms with van der Waals surface area (Å²) in [4.78, 5) is 0. The van der Waals surface area contributed by atoms with Gasteiger partial charge in [0.25, 0.3) is 0 Å².